The Morgan fingerprint density at radius 2 is 1.00 bits per heavy atom. The number of benzene rings is 2. The van der Waals surface area contributed by atoms with Gasteiger partial charge in [-0.25, -0.2) is 0 Å². The topological polar surface area (TPSA) is 43.2 Å². The third-order valence-corrected chi connectivity index (χ3v) is 1.93. The van der Waals surface area contributed by atoms with E-state index in [1.807, 2.05) is 36.4 Å². The predicted molar refractivity (Wildman–Crippen MR) is 69.0 cm³/mol. The largest absolute Gasteiger partial charge is 0.348 e. The number of rotatable bonds is 4. The van der Waals surface area contributed by atoms with E-state index in [9.17, 15) is 0 Å². The van der Waals surface area contributed by atoms with E-state index in [4.69, 9.17) is 9.68 Å². The van der Waals surface area contributed by atoms with Gasteiger partial charge in [0.2, 0.25) is 0 Å². The molecule has 4 heteroatoms. The zero-order valence-electron chi connectivity index (χ0n) is 9.48. The molecule has 0 aliphatic carbocycles. The van der Waals surface area contributed by atoms with Crippen LogP contribution in [0, 0.1) is 0 Å². The van der Waals surface area contributed by atoms with Gasteiger partial charge in [-0.2, -0.15) is 0 Å². The highest BCUT2D eigenvalue weighted by atomic mass is 16.6. The highest BCUT2D eigenvalue weighted by Crippen LogP contribution is 2.08. The normalized spacial score (nSPS) is 8.67. The van der Waals surface area contributed by atoms with Gasteiger partial charge in [0.25, 0.3) is 0 Å². The molecule has 0 saturated heterocycles. The van der Waals surface area contributed by atoms with Gasteiger partial charge >= 0.3 is 0 Å². The molecule has 0 fully saturated rings. The van der Waals surface area contributed by atoms with Crippen molar-refractivity contribution in [3.8, 4) is 11.5 Å². The standard InChI is InChI=1S/C14H10N2O2/c1-3-7-13(8-4-1)17-15-11-12-16-18-14-9-5-2-6-10-14/h1-10H. The molecule has 88 valence electrons. The first kappa shape index (κ1) is 11.7. The summed E-state index contributed by atoms with van der Waals surface area (Å²) in [5, 5.41) is 7.08. The van der Waals surface area contributed by atoms with Crippen molar-refractivity contribution in [3.05, 3.63) is 60.7 Å². The van der Waals surface area contributed by atoms with Gasteiger partial charge in [0, 0.05) is 0 Å². The smallest absolute Gasteiger partial charge is 0.158 e. The second-order valence-corrected chi connectivity index (χ2v) is 3.21. The van der Waals surface area contributed by atoms with Crippen LogP contribution >= 0.6 is 0 Å². The molecule has 0 radical (unpaired) electrons. The summed E-state index contributed by atoms with van der Waals surface area (Å²) >= 11 is 0. The maximum absolute atomic E-state index is 4.99. The Labute approximate surface area is 104 Å². The molecular weight excluding hydrogens is 228 g/mol. The van der Waals surface area contributed by atoms with Crippen LogP contribution in [0.4, 0.5) is 0 Å². The van der Waals surface area contributed by atoms with Crippen molar-refractivity contribution in [2.24, 2.45) is 10.3 Å². The summed E-state index contributed by atoms with van der Waals surface area (Å²) in [6.45, 7) is 0. The molecule has 0 N–H and O–H groups in total. The van der Waals surface area contributed by atoms with E-state index in [2.05, 4.69) is 22.1 Å². The number of nitrogens with zero attached hydrogens (tertiary/aromatic N) is 2. The van der Waals surface area contributed by atoms with Crippen LogP contribution in [0.1, 0.15) is 0 Å². The second-order valence-electron chi connectivity index (χ2n) is 3.21. The van der Waals surface area contributed by atoms with E-state index in [0.717, 1.165) is 0 Å². The van der Waals surface area contributed by atoms with E-state index in [1.54, 1.807) is 24.3 Å². The fourth-order valence-electron chi connectivity index (χ4n) is 1.15. The molecule has 2 aromatic carbocycles. The maximum atomic E-state index is 4.99. The summed E-state index contributed by atoms with van der Waals surface area (Å²) in [7, 11) is 0. The molecule has 4 nitrogen and oxygen atoms in total. The molecule has 18 heavy (non-hydrogen) atoms. The molecule has 0 aliphatic rings. The van der Waals surface area contributed by atoms with Crippen molar-refractivity contribution in [2.45, 2.75) is 0 Å². The SMILES string of the molecule is C(=C=NOc1ccccc1)=NOc1ccccc1. The average Bonchev–Trinajstić information content (AvgIpc) is 2.45. The Balaban J connectivity index is 1.87. The molecule has 0 saturated carbocycles. The highest BCUT2D eigenvalue weighted by Gasteiger charge is 1.86. The predicted octanol–water partition coefficient (Wildman–Crippen LogP) is 2.87. The van der Waals surface area contributed by atoms with Crippen LogP contribution in [0.15, 0.2) is 71.0 Å². The third kappa shape index (κ3) is 3.99. The van der Waals surface area contributed by atoms with Crippen molar-refractivity contribution in [3.63, 3.8) is 0 Å². The summed E-state index contributed by atoms with van der Waals surface area (Å²) < 4.78 is 0. The van der Waals surface area contributed by atoms with E-state index < -0.39 is 0 Å². The third-order valence-electron chi connectivity index (χ3n) is 1.93. The Bertz CT molecular complexity index is 516. The molecule has 2 rings (SSSR count). The summed E-state index contributed by atoms with van der Waals surface area (Å²) in [5.41, 5.74) is 0. The fourth-order valence-corrected chi connectivity index (χ4v) is 1.15. The number of hydrogen-bond acceptors (Lipinski definition) is 4. The van der Waals surface area contributed by atoms with E-state index >= 15 is 0 Å². The van der Waals surface area contributed by atoms with E-state index in [1.165, 1.54) is 0 Å². The van der Waals surface area contributed by atoms with Crippen molar-refractivity contribution in [1.29, 1.82) is 0 Å². The van der Waals surface area contributed by atoms with E-state index in [0.29, 0.717) is 11.5 Å². The van der Waals surface area contributed by atoms with Crippen LogP contribution in [0.2, 0.25) is 0 Å². The van der Waals surface area contributed by atoms with Crippen molar-refractivity contribution in [1.82, 2.24) is 0 Å². The molecule has 0 atom stereocenters. The molecule has 0 aromatic heterocycles. The van der Waals surface area contributed by atoms with Crippen molar-refractivity contribution >= 4 is 11.7 Å². The minimum atomic E-state index is 0.621. The van der Waals surface area contributed by atoms with Gasteiger partial charge in [-0.3, -0.25) is 0 Å². The molecule has 0 spiro atoms. The first-order chi connectivity index (χ1) is 8.95. The zero-order chi connectivity index (χ0) is 12.5. The van der Waals surface area contributed by atoms with Gasteiger partial charge in [-0.1, -0.05) is 36.4 Å². The number of para-hydroxylation sites is 2. The van der Waals surface area contributed by atoms with Crippen LogP contribution in [0.3, 0.4) is 0 Å². The fraction of sp³-hybridized carbons (Fsp3) is 0. The average molecular weight is 238 g/mol. The molecule has 0 heterocycles. The quantitative estimate of drug-likeness (QED) is 0.607. The monoisotopic (exact) mass is 238 g/mol. The van der Waals surface area contributed by atoms with Crippen molar-refractivity contribution < 1.29 is 9.68 Å². The molecule has 0 aliphatic heterocycles. The molecule has 0 unspecified atom stereocenters. The number of hydrogen-bond donors (Lipinski definition) is 0. The van der Waals surface area contributed by atoms with Gasteiger partial charge in [0.1, 0.15) is 11.7 Å². The lowest BCUT2D eigenvalue weighted by molar-refractivity contribution is 0.342. The molecule has 0 amide bonds. The zero-order valence-corrected chi connectivity index (χ0v) is 9.48. The first-order valence-corrected chi connectivity index (χ1v) is 5.29. The lowest BCUT2D eigenvalue weighted by Gasteiger charge is -1.93. The lowest BCUT2D eigenvalue weighted by atomic mass is 10.3. The van der Waals surface area contributed by atoms with Crippen LogP contribution in [-0.4, -0.2) is 11.7 Å². The maximum Gasteiger partial charge on any atom is 0.158 e. The Hall–Kier alpha value is -2.80. The Morgan fingerprint density at radius 1 is 0.611 bits per heavy atom. The molecule has 2 aromatic rings. The van der Waals surface area contributed by atoms with E-state index in [-0.39, 0.29) is 0 Å². The van der Waals surface area contributed by atoms with Gasteiger partial charge in [-0.05, 0) is 34.6 Å². The van der Waals surface area contributed by atoms with Gasteiger partial charge in [0.05, 0.1) is 0 Å². The Morgan fingerprint density at radius 3 is 1.39 bits per heavy atom. The molecule has 0 bridgehead atoms. The lowest BCUT2D eigenvalue weighted by Crippen LogP contribution is -1.82. The first-order valence-electron chi connectivity index (χ1n) is 5.29. The van der Waals surface area contributed by atoms with Gasteiger partial charge in [-0.15, -0.1) is 0 Å². The van der Waals surface area contributed by atoms with Crippen LogP contribution in [0.25, 0.3) is 0 Å². The van der Waals surface area contributed by atoms with Crippen LogP contribution in [0.5, 0.6) is 11.5 Å². The summed E-state index contributed by atoms with van der Waals surface area (Å²) in [4.78, 5) is 9.99. The minimum absolute atomic E-state index is 0.621. The van der Waals surface area contributed by atoms with Gasteiger partial charge < -0.3 is 9.68 Å². The van der Waals surface area contributed by atoms with Crippen molar-refractivity contribution in [2.75, 3.05) is 0 Å². The van der Waals surface area contributed by atoms with Crippen LogP contribution in [-0.2, 0) is 0 Å². The molecular formula is C14H10N2O2. The second kappa shape index (κ2) is 6.71. The summed E-state index contributed by atoms with van der Waals surface area (Å²) in [5.74, 6) is 5.97. The van der Waals surface area contributed by atoms with Crippen LogP contribution < -0.4 is 9.68 Å². The Kier molecular flexibility index (Phi) is 4.35. The highest BCUT2D eigenvalue weighted by molar-refractivity contribution is 5.87. The summed E-state index contributed by atoms with van der Waals surface area (Å²) in [6.07, 6.45) is 0. The van der Waals surface area contributed by atoms with Gasteiger partial charge in [0.15, 0.2) is 11.5 Å². The minimum Gasteiger partial charge on any atom is -0.348 e. The summed E-state index contributed by atoms with van der Waals surface area (Å²) in [6, 6.07) is 18.3.